The molecule has 0 unspecified atom stereocenters. The average molecular weight is 334 g/mol. The van der Waals surface area contributed by atoms with Gasteiger partial charge in [0, 0.05) is 43.0 Å². The van der Waals surface area contributed by atoms with Crippen molar-refractivity contribution in [3.63, 3.8) is 0 Å². The maximum absolute atomic E-state index is 4.50. The van der Waals surface area contributed by atoms with E-state index < -0.39 is 0 Å². The average Bonchev–Trinajstić information content (AvgIpc) is 3.01. The van der Waals surface area contributed by atoms with Crippen molar-refractivity contribution in [1.82, 2.24) is 19.7 Å². The Bertz CT molecular complexity index is 632. The quantitative estimate of drug-likeness (QED) is 0.862. The topological polar surface area (TPSA) is 46.8 Å². The molecule has 0 N–H and O–H groups in total. The summed E-state index contributed by atoms with van der Waals surface area (Å²) in [6, 6.07) is 0. The van der Waals surface area contributed by atoms with Crippen LogP contribution in [0.15, 0.2) is 23.2 Å². The number of fused-ring (bicyclic) bond motifs is 1. The highest BCUT2D eigenvalue weighted by molar-refractivity contribution is 9.10. The largest absolute Gasteiger partial charge is 0.355 e. The van der Waals surface area contributed by atoms with E-state index in [2.05, 4.69) is 35.9 Å². The third-order valence-electron chi connectivity index (χ3n) is 4.16. The van der Waals surface area contributed by atoms with Crippen LogP contribution in [0.1, 0.15) is 17.7 Å². The molecule has 0 radical (unpaired) electrons. The van der Waals surface area contributed by atoms with Gasteiger partial charge in [-0.15, -0.1) is 0 Å². The number of halogens is 1. The van der Waals surface area contributed by atoms with Gasteiger partial charge in [0.1, 0.15) is 12.1 Å². The van der Waals surface area contributed by atoms with E-state index in [9.17, 15) is 0 Å². The molecule has 1 fully saturated rings. The maximum atomic E-state index is 4.50. The number of aryl methyl sites for hydroxylation is 1. The first-order chi connectivity index (χ1) is 9.79. The van der Waals surface area contributed by atoms with Gasteiger partial charge in [-0.1, -0.05) is 0 Å². The normalized spacial score (nSPS) is 18.1. The second-order valence-electron chi connectivity index (χ2n) is 5.63. The van der Waals surface area contributed by atoms with Gasteiger partial charge in [0.25, 0.3) is 0 Å². The summed E-state index contributed by atoms with van der Waals surface area (Å²) in [6.07, 6.45) is 9.07. The molecular formula is C14H16BrN5. The van der Waals surface area contributed by atoms with Crippen LogP contribution in [0, 0.1) is 5.92 Å². The van der Waals surface area contributed by atoms with Gasteiger partial charge in [-0.3, -0.25) is 4.68 Å². The molecular weight excluding hydrogens is 318 g/mol. The highest BCUT2D eigenvalue weighted by atomic mass is 79.9. The van der Waals surface area contributed by atoms with E-state index in [-0.39, 0.29) is 0 Å². The van der Waals surface area contributed by atoms with Crippen LogP contribution in [0.4, 0.5) is 5.82 Å². The van der Waals surface area contributed by atoms with E-state index in [1.165, 1.54) is 23.5 Å². The molecule has 0 spiro atoms. The summed E-state index contributed by atoms with van der Waals surface area (Å²) in [5.41, 5.74) is 2.64. The van der Waals surface area contributed by atoms with Crippen molar-refractivity contribution < 1.29 is 0 Å². The van der Waals surface area contributed by atoms with Gasteiger partial charge in [0.05, 0.1) is 10.7 Å². The summed E-state index contributed by atoms with van der Waals surface area (Å²) in [4.78, 5) is 11.3. The lowest BCUT2D eigenvalue weighted by molar-refractivity contribution is 0.339. The van der Waals surface area contributed by atoms with Gasteiger partial charge in [0.2, 0.25) is 0 Å². The molecule has 1 aliphatic heterocycles. The van der Waals surface area contributed by atoms with Crippen molar-refractivity contribution in [3.8, 4) is 0 Å². The Morgan fingerprint density at radius 3 is 2.95 bits per heavy atom. The van der Waals surface area contributed by atoms with Gasteiger partial charge in [-0.25, -0.2) is 9.97 Å². The molecule has 20 heavy (non-hydrogen) atoms. The number of anilines is 1. The lowest BCUT2D eigenvalue weighted by Gasteiger charge is -2.40. The number of aromatic nitrogens is 4. The smallest absolute Gasteiger partial charge is 0.135 e. The Balaban J connectivity index is 1.43. The zero-order chi connectivity index (χ0) is 13.5. The molecule has 2 aromatic rings. The third kappa shape index (κ3) is 2.12. The SMILES string of the molecule is Brc1cnn(CC2CN(c3ncnc4c3CCC4)C2)c1. The van der Waals surface area contributed by atoms with Crippen molar-refractivity contribution in [2.45, 2.75) is 25.8 Å². The molecule has 0 amide bonds. The van der Waals surface area contributed by atoms with Gasteiger partial charge in [-0.2, -0.15) is 5.10 Å². The second kappa shape index (κ2) is 4.84. The number of rotatable bonds is 3. The third-order valence-corrected chi connectivity index (χ3v) is 4.57. The first-order valence-corrected chi connectivity index (χ1v) is 7.84. The summed E-state index contributed by atoms with van der Waals surface area (Å²) >= 11 is 3.43. The van der Waals surface area contributed by atoms with Crippen molar-refractivity contribution in [2.24, 2.45) is 5.92 Å². The maximum Gasteiger partial charge on any atom is 0.135 e. The molecule has 0 aromatic carbocycles. The fraction of sp³-hybridized carbons (Fsp3) is 0.500. The zero-order valence-electron chi connectivity index (χ0n) is 11.2. The van der Waals surface area contributed by atoms with Crippen LogP contribution in [0.5, 0.6) is 0 Å². The fourth-order valence-corrected chi connectivity index (χ4v) is 3.50. The Kier molecular flexibility index (Phi) is 2.98. The first-order valence-electron chi connectivity index (χ1n) is 7.05. The van der Waals surface area contributed by atoms with Crippen LogP contribution in [0.2, 0.25) is 0 Å². The summed E-state index contributed by atoms with van der Waals surface area (Å²) in [6.45, 7) is 3.12. The minimum atomic E-state index is 0.661. The van der Waals surface area contributed by atoms with Gasteiger partial charge >= 0.3 is 0 Å². The van der Waals surface area contributed by atoms with Gasteiger partial charge < -0.3 is 4.90 Å². The monoisotopic (exact) mass is 333 g/mol. The molecule has 104 valence electrons. The molecule has 1 aliphatic carbocycles. The van der Waals surface area contributed by atoms with E-state index in [1.54, 1.807) is 6.33 Å². The predicted octanol–water partition coefficient (Wildman–Crippen LogP) is 2.06. The fourth-order valence-electron chi connectivity index (χ4n) is 3.18. The Morgan fingerprint density at radius 2 is 2.15 bits per heavy atom. The van der Waals surface area contributed by atoms with E-state index in [1.807, 2.05) is 17.1 Å². The molecule has 6 heteroatoms. The van der Waals surface area contributed by atoms with E-state index >= 15 is 0 Å². The lowest BCUT2D eigenvalue weighted by atomic mass is 9.99. The van der Waals surface area contributed by atoms with E-state index in [0.29, 0.717) is 5.92 Å². The predicted molar refractivity (Wildman–Crippen MR) is 79.7 cm³/mol. The molecule has 4 rings (SSSR count). The summed E-state index contributed by atoms with van der Waals surface area (Å²) in [5, 5.41) is 4.32. The molecule has 5 nitrogen and oxygen atoms in total. The minimum absolute atomic E-state index is 0.661. The van der Waals surface area contributed by atoms with Crippen LogP contribution in [0.3, 0.4) is 0 Å². The molecule has 2 aliphatic rings. The second-order valence-corrected chi connectivity index (χ2v) is 6.54. The van der Waals surface area contributed by atoms with E-state index in [0.717, 1.165) is 36.9 Å². The Morgan fingerprint density at radius 1 is 1.25 bits per heavy atom. The van der Waals surface area contributed by atoms with Crippen molar-refractivity contribution in [3.05, 3.63) is 34.5 Å². The molecule has 0 saturated carbocycles. The highest BCUT2D eigenvalue weighted by Gasteiger charge is 2.31. The van der Waals surface area contributed by atoms with Crippen molar-refractivity contribution in [2.75, 3.05) is 18.0 Å². The van der Waals surface area contributed by atoms with Gasteiger partial charge in [0.15, 0.2) is 0 Å². The summed E-state index contributed by atoms with van der Waals surface area (Å²) < 4.78 is 3.05. The molecule has 2 aromatic heterocycles. The zero-order valence-corrected chi connectivity index (χ0v) is 12.8. The van der Waals surface area contributed by atoms with Crippen LogP contribution < -0.4 is 4.90 Å². The molecule has 0 atom stereocenters. The number of nitrogens with zero attached hydrogens (tertiary/aromatic N) is 5. The molecule has 0 bridgehead atoms. The van der Waals surface area contributed by atoms with Crippen molar-refractivity contribution in [1.29, 1.82) is 0 Å². The molecule has 3 heterocycles. The Labute approximate surface area is 126 Å². The van der Waals surface area contributed by atoms with Crippen LogP contribution in [0.25, 0.3) is 0 Å². The summed E-state index contributed by atoms with van der Waals surface area (Å²) in [5.74, 6) is 1.83. The number of hydrogen-bond donors (Lipinski definition) is 0. The molecule has 1 saturated heterocycles. The van der Waals surface area contributed by atoms with E-state index in [4.69, 9.17) is 0 Å². The highest BCUT2D eigenvalue weighted by Crippen LogP contribution is 2.32. The standard InChI is InChI=1S/C14H16BrN5/c15-11-4-18-20(8-11)7-10-5-19(6-10)14-12-2-1-3-13(12)16-9-17-14/h4,8-10H,1-3,5-7H2. The number of hydrogen-bond acceptors (Lipinski definition) is 4. The van der Waals surface area contributed by atoms with Gasteiger partial charge in [-0.05, 0) is 35.2 Å². The minimum Gasteiger partial charge on any atom is -0.355 e. The van der Waals surface area contributed by atoms with Crippen LogP contribution in [-0.4, -0.2) is 32.8 Å². The Hall–Kier alpha value is -1.43. The van der Waals surface area contributed by atoms with Crippen LogP contribution in [-0.2, 0) is 19.4 Å². The van der Waals surface area contributed by atoms with Crippen LogP contribution >= 0.6 is 15.9 Å². The summed E-state index contributed by atoms with van der Waals surface area (Å²) in [7, 11) is 0. The first kappa shape index (κ1) is 12.3. The lowest BCUT2D eigenvalue weighted by Crippen LogP contribution is -2.49. The van der Waals surface area contributed by atoms with Crippen molar-refractivity contribution >= 4 is 21.7 Å².